The molecule has 0 spiro atoms. The monoisotopic (exact) mass is 249 g/mol. The van der Waals surface area contributed by atoms with E-state index in [2.05, 4.69) is 62.5 Å². The molecule has 84 valence electrons. The molecular formula is C13H15NS2. The second-order valence-corrected chi connectivity index (χ2v) is 5.12. The van der Waals surface area contributed by atoms with Crippen LogP contribution >= 0.6 is 25.3 Å². The number of hydrogen-bond donors (Lipinski definition) is 2. The molecule has 0 aromatic heterocycles. The molecular weight excluding hydrogens is 234 g/mol. The third-order valence-corrected chi connectivity index (χ3v) is 3.45. The van der Waals surface area contributed by atoms with E-state index < -0.39 is 0 Å². The van der Waals surface area contributed by atoms with Crippen molar-refractivity contribution in [2.45, 2.75) is 16.3 Å². The molecule has 2 rings (SSSR count). The molecule has 1 nitrogen and oxygen atoms in total. The minimum absolute atomic E-state index is 0.900. The highest BCUT2D eigenvalue weighted by molar-refractivity contribution is 7.81. The Hall–Kier alpha value is -0.640. The molecule has 0 saturated carbocycles. The third-order valence-electron chi connectivity index (χ3n) is 2.57. The fourth-order valence-corrected chi connectivity index (χ4v) is 2.66. The standard InChI is InChI=1S/C13H15NS2/c1-14(2)8-10-7-6-9-4-3-5-11(15)12(9)13(10)16/h3-7,15-16H,8H2,1-2H3. The summed E-state index contributed by atoms with van der Waals surface area (Å²) in [5.74, 6) is 0. The van der Waals surface area contributed by atoms with Crippen molar-refractivity contribution in [2.24, 2.45) is 0 Å². The molecule has 0 unspecified atom stereocenters. The summed E-state index contributed by atoms with van der Waals surface area (Å²) in [4.78, 5) is 4.17. The van der Waals surface area contributed by atoms with E-state index in [0.29, 0.717) is 0 Å². The molecule has 0 radical (unpaired) electrons. The molecule has 0 saturated heterocycles. The first kappa shape index (κ1) is 11.8. The third kappa shape index (κ3) is 2.21. The van der Waals surface area contributed by atoms with Gasteiger partial charge in [0.1, 0.15) is 0 Å². The van der Waals surface area contributed by atoms with Crippen LogP contribution < -0.4 is 0 Å². The Bertz CT molecular complexity index is 521. The lowest BCUT2D eigenvalue weighted by Crippen LogP contribution is -2.11. The highest BCUT2D eigenvalue weighted by atomic mass is 32.1. The predicted molar refractivity (Wildman–Crippen MR) is 75.8 cm³/mol. The number of benzene rings is 2. The summed E-state index contributed by atoms with van der Waals surface area (Å²) < 4.78 is 0. The first-order chi connectivity index (χ1) is 7.59. The van der Waals surface area contributed by atoms with Crippen LogP contribution in [-0.2, 0) is 6.54 Å². The Morgan fingerprint density at radius 3 is 2.50 bits per heavy atom. The fourth-order valence-electron chi connectivity index (χ4n) is 1.85. The highest BCUT2D eigenvalue weighted by Gasteiger charge is 2.07. The van der Waals surface area contributed by atoms with Crippen LogP contribution in [0.25, 0.3) is 10.8 Å². The van der Waals surface area contributed by atoms with Crippen LogP contribution in [0.4, 0.5) is 0 Å². The first-order valence-corrected chi connectivity index (χ1v) is 6.06. The predicted octanol–water partition coefficient (Wildman–Crippen LogP) is 3.48. The van der Waals surface area contributed by atoms with E-state index in [1.165, 1.54) is 10.9 Å². The summed E-state index contributed by atoms with van der Waals surface area (Å²) in [6, 6.07) is 10.4. The maximum absolute atomic E-state index is 4.63. The van der Waals surface area contributed by atoms with Crippen molar-refractivity contribution >= 4 is 36.0 Å². The van der Waals surface area contributed by atoms with E-state index in [0.717, 1.165) is 21.7 Å². The summed E-state index contributed by atoms with van der Waals surface area (Å²) in [5, 5.41) is 2.34. The molecule has 0 amide bonds. The lowest BCUT2D eigenvalue weighted by atomic mass is 10.1. The maximum atomic E-state index is 4.63. The van der Waals surface area contributed by atoms with E-state index >= 15 is 0 Å². The fraction of sp³-hybridized carbons (Fsp3) is 0.231. The van der Waals surface area contributed by atoms with Gasteiger partial charge in [-0.2, -0.15) is 0 Å². The zero-order valence-electron chi connectivity index (χ0n) is 9.44. The minimum atomic E-state index is 0.900. The van der Waals surface area contributed by atoms with Crippen LogP contribution in [0.5, 0.6) is 0 Å². The molecule has 0 heterocycles. The Morgan fingerprint density at radius 2 is 1.81 bits per heavy atom. The molecule has 0 aliphatic rings. The number of rotatable bonds is 2. The van der Waals surface area contributed by atoms with E-state index in [1.54, 1.807) is 0 Å². The normalized spacial score (nSPS) is 11.3. The van der Waals surface area contributed by atoms with Crippen molar-refractivity contribution in [2.75, 3.05) is 14.1 Å². The van der Waals surface area contributed by atoms with Crippen LogP contribution in [0, 0.1) is 0 Å². The smallest absolute Gasteiger partial charge is 0.0238 e. The van der Waals surface area contributed by atoms with Gasteiger partial charge in [0.15, 0.2) is 0 Å². The molecule has 0 bridgehead atoms. The van der Waals surface area contributed by atoms with Gasteiger partial charge in [0, 0.05) is 21.7 Å². The highest BCUT2D eigenvalue weighted by Crippen LogP contribution is 2.31. The molecule has 0 aliphatic heterocycles. The molecule has 0 fully saturated rings. The Morgan fingerprint density at radius 1 is 1.06 bits per heavy atom. The quantitative estimate of drug-likeness (QED) is 0.771. The largest absolute Gasteiger partial charge is 0.305 e. The van der Waals surface area contributed by atoms with Crippen molar-refractivity contribution in [3.05, 3.63) is 35.9 Å². The zero-order valence-corrected chi connectivity index (χ0v) is 11.2. The van der Waals surface area contributed by atoms with Crippen molar-refractivity contribution in [1.29, 1.82) is 0 Å². The summed E-state index contributed by atoms with van der Waals surface area (Å²) in [6.45, 7) is 0.900. The zero-order chi connectivity index (χ0) is 11.7. The number of thiol groups is 2. The first-order valence-electron chi connectivity index (χ1n) is 5.17. The van der Waals surface area contributed by atoms with E-state index in [4.69, 9.17) is 0 Å². The maximum Gasteiger partial charge on any atom is 0.0238 e. The molecule has 16 heavy (non-hydrogen) atoms. The molecule has 2 aromatic carbocycles. The summed E-state index contributed by atoms with van der Waals surface area (Å²) >= 11 is 9.13. The van der Waals surface area contributed by atoms with Crippen molar-refractivity contribution in [3.8, 4) is 0 Å². The Kier molecular flexibility index (Phi) is 3.47. The van der Waals surface area contributed by atoms with E-state index in [1.807, 2.05) is 12.1 Å². The number of fused-ring (bicyclic) bond motifs is 1. The second-order valence-electron chi connectivity index (χ2n) is 4.19. The van der Waals surface area contributed by atoms with Gasteiger partial charge in [0.25, 0.3) is 0 Å². The van der Waals surface area contributed by atoms with E-state index in [-0.39, 0.29) is 0 Å². The van der Waals surface area contributed by atoms with Gasteiger partial charge < -0.3 is 4.90 Å². The van der Waals surface area contributed by atoms with Crippen LogP contribution in [0.3, 0.4) is 0 Å². The van der Waals surface area contributed by atoms with Crippen LogP contribution in [0.1, 0.15) is 5.56 Å². The van der Waals surface area contributed by atoms with Crippen LogP contribution in [0.2, 0.25) is 0 Å². The van der Waals surface area contributed by atoms with Gasteiger partial charge in [-0.15, -0.1) is 25.3 Å². The van der Waals surface area contributed by atoms with Crippen molar-refractivity contribution in [3.63, 3.8) is 0 Å². The van der Waals surface area contributed by atoms with Gasteiger partial charge in [-0.1, -0.05) is 24.3 Å². The Balaban J connectivity index is 2.64. The number of nitrogens with zero attached hydrogens (tertiary/aromatic N) is 1. The molecule has 0 aliphatic carbocycles. The lowest BCUT2D eigenvalue weighted by Gasteiger charge is -2.14. The van der Waals surface area contributed by atoms with Crippen molar-refractivity contribution in [1.82, 2.24) is 4.90 Å². The summed E-state index contributed by atoms with van der Waals surface area (Å²) in [6.07, 6.45) is 0. The second kappa shape index (κ2) is 4.70. The molecule has 0 N–H and O–H groups in total. The van der Waals surface area contributed by atoms with Crippen molar-refractivity contribution < 1.29 is 0 Å². The van der Waals surface area contributed by atoms with Gasteiger partial charge in [-0.3, -0.25) is 0 Å². The average Bonchev–Trinajstić information content (AvgIpc) is 2.22. The molecule has 3 heteroatoms. The number of hydrogen-bond acceptors (Lipinski definition) is 3. The minimum Gasteiger partial charge on any atom is -0.305 e. The summed E-state index contributed by atoms with van der Waals surface area (Å²) in [5.41, 5.74) is 1.24. The Labute approximate surface area is 107 Å². The lowest BCUT2D eigenvalue weighted by molar-refractivity contribution is 0.399. The van der Waals surface area contributed by atoms with Gasteiger partial charge in [-0.25, -0.2) is 0 Å². The average molecular weight is 249 g/mol. The van der Waals surface area contributed by atoms with Gasteiger partial charge >= 0.3 is 0 Å². The van der Waals surface area contributed by atoms with Gasteiger partial charge in [-0.05, 0) is 31.1 Å². The molecule has 0 atom stereocenters. The van der Waals surface area contributed by atoms with E-state index in [9.17, 15) is 0 Å². The van der Waals surface area contributed by atoms with Gasteiger partial charge in [0.2, 0.25) is 0 Å². The van der Waals surface area contributed by atoms with Crippen LogP contribution in [0.15, 0.2) is 40.1 Å². The molecule has 2 aromatic rings. The van der Waals surface area contributed by atoms with Crippen LogP contribution in [-0.4, -0.2) is 19.0 Å². The summed E-state index contributed by atoms with van der Waals surface area (Å²) in [7, 11) is 4.12. The topological polar surface area (TPSA) is 3.24 Å². The SMILES string of the molecule is CN(C)Cc1ccc2cccc(S)c2c1S. The van der Waals surface area contributed by atoms with Gasteiger partial charge in [0.05, 0.1) is 0 Å².